The van der Waals surface area contributed by atoms with Gasteiger partial charge in [-0.25, -0.2) is 9.18 Å². The van der Waals surface area contributed by atoms with E-state index in [-0.39, 0.29) is 52.1 Å². The van der Waals surface area contributed by atoms with E-state index in [1.54, 1.807) is 30.3 Å². The molecule has 0 aromatic heterocycles. The lowest BCUT2D eigenvalue weighted by atomic mass is 9.95. The second-order valence-electron chi connectivity index (χ2n) is 14.1. The number of piperazine rings is 1. The number of aromatic carboxylic acids is 1. The predicted octanol–water partition coefficient (Wildman–Crippen LogP) is 6.53. The quantitative estimate of drug-likeness (QED) is 0.291. The molecule has 3 saturated heterocycles. The van der Waals surface area contributed by atoms with Crippen molar-refractivity contribution in [2.24, 2.45) is 5.41 Å². The Hall–Kier alpha value is -4.08. The van der Waals surface area contributed by atoms with Gasteiger partial charge in [0.25, 0.3) is 5.91 Å². The molecule has 10 nitrogen and oxygen atoms in total. The molecule has 3 fully saturated rings. The van der Waals surface area contributed by atoms with E-state index in [2.05, 4.69) is 20.8 Å². The first-order valence-corrected chi connectivity index (χ1v) is 17.5. The molecule has 0 saturated carbocycles. The number of hydrogen-bond acceptors (Lipinski definition) is 8. The van der Waals surface area contributed by atoms with Crippen molar-refractivity contribution in [3.8, 4) is 22.9 Å². The summed E-state index contributed by atoms with van der Waals surface area (Å²) < 4.78 is 27.6. The van der Waals surface area contributed by atoms with Gasteiger partial charge in [-0.3, -0.25) is 9.69 Å². The highest BCUT2D eigenvalue weighted by molar-refractivity contribution is 6.40. The second kappa shape index (κ2) is 13.6. The van der Waals surface area contributed by atoms with E-state index in [0.29, 0.717) is 42.3 Å². The third kappa shape index (κ3) is 6.46. The Morgan fingerprint density at radius 2 is 1.70 bits per heavy atom. The number of carboxylic acids is 1. The van der Waals surface area contributed by atoms with Crippen molar-refractivity contribution >= 4 is 46.5 Å². The maximum absolute atomic E-state index is 15.7. The fraction of sp³-hybridized carbons (Fsp3) is 0.432. The first-order valence-electron chi connectivity index (χ1n) is 16.8. The number of nitriles is 1. The van der Waals surface area contributed by atoms with E-state index >= 15 is 4.39 Å². The monoisotopic (exact) mass is 721 g/mol. The maximum Gasteiger partial charge on any atom is 0.337 e. The minimum atomic E-state index is -1.19. The Kier molecular flexibility index (Phi) is 9.33. The number of nitrogens with zero attached hydrogens (tertiary/aromatic N) is 5. The molecule has 0 spiro atoms. The van der Waals surface area contributed by atoms with Crippen molar-refractivity contribution in [2.75, 3.05) is 62.5 Å². The predicted molar refractivity (Wildman–Crippen MR) is 189 cm³/mol. The molecule has 1 N–H and O–H groups in total. The van der Waals surface area contributed by atoms with Crippen LogP contribution in [0.4, 0.5) is 15.8 Å². The number of carbonyl (C=O) groups is 2. The van der Waals surface area contributed by atoms with Crippen LogP contribution in [0.1, 0.15) is 53.0 Å². The average Bonchev–Trinajstić information content (AvgIpc) is 3.34. The lowest BCUT2D eigenvalue weighted by Gasteiger charge is -2.38. The molecule has 2 atom stereocenters. The van der Waals surface area contributed by atoms with Crippen LogP contribution in [0.3, 0.4) is 0 Å². The molecule has 50 heavy (non-hydrogen) atoms. The first-order chi connectivity index (χ1) is 23.9. The van der Waals surface area contributed by atoms with Gasteiger partial charge in [-0.05, 0) is 51.0 Å². The molecule has 0 aliphatic carbocycles. The number of morpholine rings is 1. The summed E-state index contributed by atoms with van der Waals surface area (Å²) in [7, 11) is 0. The molecule has 3 aromatic rings. The summed E-state index contributed by atoms with van der Waals surface area (Å²) in [5.74, 6) is -1.83. The summed E-state index contributed by atoms with van der Waals surface area (Å²) in [6.07, 6.45) is 1.75. The van der Waals surface area contributed by atoms with Gasteiger partial charge in [0.2, 0.25) is 0 Å². The van der Waals surface area contributed by atoms with E-state index in [1.165, 1.54) is 4.90 Å². The SMILES string of the molecule is CC(C)(C#N)CN1CCN(c2cc(Cl)c(C(=O)N3COc4c(cccc4-c4cc(N5C6CCC5COC6)c(C(=O)O)cc4F)C3)c(Cl)c2)CC1. The number of fused-ring (bicyclic) bond motifs is 3. The van der Waals surface area contributed by atoms with Gasteiger partial charge in [0, 0.05) is 55.1 Å². The second-order valence-corrected chi connectivity index (χ2v) is 14.9. The number of carboxylic acid groups (broad SMARTS) is 1. The summed E-state index contributed by atoms with van der Waals surface area (Å²) in [4.78, 5) is 34.1. The van der Waals surface area contributed by atoms with E-state index in [0.717, 1.165) is 50.8 Å². The zero-order valence-electron chi connectivity index (χ0n) is 27.9. The Balaban J connectivity index is 1.11. The number of hydrogen-bond donors (Lipinski definition) is 1. The molecule has 4 heterocycles. The van der Waals surface area contributed by atoms with Crippen LogP contribution in [0.5, 0.6) is 5.75 Å². The Bertz CT molecular complexity index is 1850. The van der Waals surface area contributed by atoms with Crippen LogP contribution in [0.25, 0.3) is 11.1 Å². The summed E-state index contributed by atoms with van der Waals surface area (Å²) in [5.41, 5.74) is 2.31. The van der Waals surface area contributed by atoms with Gasteiger partial charge in [0.1, 0.15) is 11.6 Å². The zero-order chi connectivity index (χ0) is 35.3. The third-order valence-corrected chi connectivity index (χ3v) is 10.7. The lowest BCUT2D eigenvalue weighted by molar-refractivity contribution is 0.0516. The molecule has 262 valence electrons. The summed E-state index contributed by atoms with van der Waals surface area (Å²) >= 11 is 13.4. The van der Waals surface area contributed by atoms with Crippen molar-refractivity contribution in [1.29, 1.82) is 5.26 Å². The molecule has 3 aromatic carbocycles. The summed E-state index contributed by atoms with van der Waals surface area (Å²) in [5, 5.41) is 19.9. The number of halogens is 3. The third-order valence-electron chi connectivity index (χ3n) is 10.1. The Morgan fingerprint density at radius 1 is 1.02 bits per heavy atom. The molecule has 1 amide bonds. The number of para-hydroxylation sites is 1. The van der Waals surface area contributed by atoms with Crippen LogP contribution >= 0.6 is 23.2 Å². The normalized spacial score (nSPS) is 20.7. The van der Waals surface area contributed by atoms with Gasteiger partial charge >= 0.3 is 5.97 Å². The zero-order valence-corrected chi connectivity index (χ0v) is 29.4. The molecule has 7 rings (SSSR count). The van der Waals surface area contributed by atoms with Crippen molar-refractivity contribution in [3.63, 3.8) is 0 Å². The number of anilines is 2. The average molecular weight is 723 g/mol. The molecule has 2 unspecified atom stereocenters. The lowest BCUT2D eigenvalue weighted by Crippen LogP contribution is -2.49. The van der Waals surface area contributed by atoms with Crippen LogP contribution in [-0.2, 0) is 11.3 Å². The van der Waals surface area contributed by atoms with Crippen molar-refractivity contribution in [2.45, 2.75) is 45.3 Å². The van der Waals surface area contributed by atoms with Gasteiger partial charge in [-0.1, -0.05) is 41.4 Å². The highest BCUT2D eigenvalue weighted by atomic mass is 35.5. The van der Waals surface area contributed by atoms with E-state index in [4.69, 9.17) is 32.7 Å². The minimum Gasteiger partial charge on any atom is -0.478 e. The van der Waals surface area contributed by atoms with Crippen molar-refractivity contribution in [1.82, 2.24) is 9.80 Å². The first kappa shape index (κ1) is 34.4. The van der Waals surface area contributed by atoms with E-state index in [9.17, 15) is 20.0 Å². The van der Waals surface area contributed by atoms with Crippen molar-refractivity contribution < 1.29 is 28.6 Å². The molecule has 13 heteroatoms. The maximum atomic E-state index is 15.7. The van der Waals surface area contributed by atoms with Gasteiger partial charge in [0.05, 0.1) is 70.2 Å². The highest BCUT2D eigenvalue weighted by Gasteiger charge is 2.40. The minimum absolute atomic E-state index is 0.0244. The van der Waals surface area contributed by atoms with Crippen LogP contribution < -0.4 is 14.5 Å². The standard InChI is InChI=1S/C37H38Cl2FN5O5/c1-37(2,19-41)20-42-8-10-43(11-9-42)25-12-29(38)33(30(39)13-25)35(46)44-16-22-4-3-5-26(34(22)50-21-44)27-15-32(28(36(47)48)14-31(27)40)45-23-6-7-24(45)18-49-17-23/h3-5,12-15,23-24H,6-11,16-18,20-21H2,1-2H3,(H,47,48). The highest BCUT2D eigenvalue weighted by Crippen LogP contribution is 2.43. The smallest absolute Gasteiger partial charge is 0.337 e. The molecular weight excluding hydrogens is 684 g/mol. The van der Waals surface area contributed by atoms with Crippen molar-refractivity contribution in [3.05, 3.63) is 75.0 Å². The Labute approximate surface area is 300 Å². The number of rotatable bonds is 7. The molecule has 4 aliphatic heterocycles. The fourth-order valence-electron chi connectivity index (χ4n) is 7.65. The molecule has 0 radical (unpaired) electrons. The fourth-order valence-corrected chi connectivity index (χ4v) is 8.29. The van der Waals surface area contributed by atoms with Gasteiger partial charge in [0.15, 0.2) is 6.73 Å². The van der Waals surface area contributed by atoms with Gasteiger partial charge < -0.3 is 29.3 Å². The number of carbonyl (C=O) groups excluding carboxylic acids is 1. The summed E-state index contributed by atoms with van der Waals surface area (Å²) in [6.45, 7) is 8.64. The van der Waals surface area contributed by atoms with Crippen LogP contribution in [-0.4, -0.2) is 91.5 Å². The molecule has 4 aliphatic rings. The van der Waals surface area contributed by atoms with Crippen LogP contribution in [0.2, 0.25) is 10.0 Å². The van der Waals surface area contributed by atoms with Gasteiger partial charge in [-0.2, -0.15) is 5.26 Å². The Morgan fingerprint density at radius 3 is 2.34 bits per heavy atom. The van der Waals surface area contributed by atoms with Crippen LogP contribution in [0.15, 0.2) is 42.5 Å². The molecule has 2 bridgehead atoms. The van der Waals surface area contributed by atoms with E-state index in [1.807, 2.05) is 19.9 Å². The van der Waals surface area contributed by atoms with Crippen LogP contribution in [0, 0.1) is 22.6 Å². The molecular formula is C37H38Cl2FN5O5. The van der Waals surface area contributed by atoms with E-state index < -0.39 is 23.1 Å². The number of ether oxygens (including phenoxy) is 2. The largest absolute Gasteiger partial charge is 0.478 e. The summed E-state index contributed by atoms with van der Waals surface area (Å²) in [6, 6.07) is 13.9. The van der Waals surface area contributed by atoms with Gasteiger partial charge in [-0.15, -0.1) is 0 Å². The number of benzene rings is 3. The topological polar surface area (TPSA) is 110 Å². The number of amides is 1.